The van der Waals surface area contributed by atoms with Gasteiger partial charge >= 0.3 is 12.2 Å². The fourth-order valence-electron chi connectivity index (χ4n) is 12.0. The third-order valence-electron chi connectivity index (χ3n) is 16.2. The van der Waals surface area contributed by atoms with Gasteiger partial charge in [-0.25, -0.2) is 19.6 Å². The Bertz CT molecular complexity index is 2410. The first-order valence-electron chi connectivity index (χ1n) is 27.5. The van der Waals surface area contributed by atoms with Gasteiger partial charge in [0.2, 0.25) is 23.6 Å². The molecule has 0 bridgehead atoms. The molecule has 4 fully saturated rings. The monoisotopic (exact) mass is 1010 g/mol. The number of imidazole rings is 2. The number of benzene rings is 2. The molecule has 2 saturated heterocycles. The van der Waals surface area contributed by atoms with Crippen LogP contribution in [0.4, 0.5) is 9.59 Å². The number of carbonyl (C=O) groups is 6. The number of carbonyl (C=O) groups excluding carboxylic acids is 6. The summed E-state index contributed by atoms with van der Waals surface area (Å²) in [5, 5.41) is 5.46. The van der Waals surface area contributed by atoms with Gasteiger partial charge in [-0.1, -0.05) is 140 Å². The molecule has 4 heterocycles. The van der Waals surface area contributed by atoms with Gasteiger partial charge in [0.05, 0.1) is 50.1 Å². The van der Waals surface area contributed by atoms with Crippen molar-refractivity contribution in [2.24, 2.45) is 23.7 Å². The molecule has 16 nitrogen and oxygen atoms in total. The van der Waals surface area contributed by atoms with Crippen LogP contribution in [0, 0.1) is 23.7 Å². The van der Waals surface area contributed by atoms with Crippen molar-refractivity contribution in [3.05, 3.63) is 72.6 Å². The minimum atomic E-state index is -0.797. The lowest BCUT2D eigenvalue weighted by Crippen LogP contribution is -2.51. The van der Waals surface area contributed by atoms with E-state index in [1.54, 1.807) is 31.3 Å². The highest BCUT2D eigenvalue weighted by Gasteiger charge is 2.41. The molecule has 0 unspecified atom stereocenters. The first-order valence-corrected chi connectivity index (χ1v) is 27.5. The summed E-state index contributed by atoms with van der Waals surface area (Å²) in [6.45, 7) is 8.51. The van der Waals surface area contributed by atoms with Crippen molar-refractivity contribution in [1.82, 2.24) is 39.5 Å². The summed E-state index contributed by atoms with van der Waals surface area (Å²) in [4.78, 5) is 95.4. The maximum atomic E-state index is 14.5. The van der Waals surface area contributed by atoms with Crippen LogP contribution in [0.15, 0.2) is 60.9 Å². The largest absolute Gasteiger partial charge is 0.453 e. The Morgan fingerprint density at radius 1 is 0.514 bits per heavy atom. The molecule has 2 aromatic heterocycles. The van der Waals surface area contributed by atoms with E-state index >= 15 is 0 Å². The quantitative estimate of drug-likeness (QED) is 0.103. The summed E-state index contributed by atoms with van der Waals surface area (Å²) in [6.07, 6.45) is 19.1. The van der Waals surface area contributed by atoms with Crippen LogP contribution in [0.5, 0.6) is 0 Å². The zero-order valence-electron chi connectivity index (χ0n) is 44.5. The number of alkyl carbamates (subject to hydrolysis) is 2. The molecule has 398 valence electrons. The molecule has 4 aromatic rings. The van der Waals surface area contributed by atoms with Crippen LogP contribution in [-0.4, -0.2) is 104 Å². The van der Waals surface area contributed by atoms with Gasteiger partial charge in [0, 0.05) is 37.1 Å². The number of ether oxygens (including phenoxy) is 2. The first-order chi connectivity index (χ1) is 35.8. The number of nitrogens with one attached hydrogen (secondary N) is 2. The summed E-state index contributed by atoms with van der Waals surface area (Å²) >= 11 is 0. The number of aromatic nitrogens is 4. The molecule has 2 aliphatic heterocycles. The lowest BCUT2D eigenvalue weighted by atomic mass is 9.86. The standard InChI is InChI=1S/C58H78N8O8/c1-37(2)51(61-57(71)73-5)55(69)63-33-13-19-45(63)53-59-35-47(65(53)49(67)31-21-39-15-9-7-10-16-39)43-27-23-41(24-28-43)42-25-29-44(30-26-42)48-36-60-54(66(48)50(68)32-22-40-17-11-8-12-18-40)46-20-14-34-64(46)56(70)52(38(3)4)62-58(72)74-6/h23-30,35-40,45-46,51-52H,7-22,31-34H2,1-6H3,(H,61,71)(H,62,72)/t45-,46-,51+,52+/m1/s1. The number of likely N-dealkylation sites (tertiary alicyclic amines) is 2. The Morgan fingerprint density at radius 2 is 0.865 bits per heavy atom. The second-order valence-corrected chi connectivity index (χ2v) is 21.8. The van der Waals surface area contributed by atoms with E-state index in [0.717, 1.165) is 73.6 Å². The number of amides is 4. The molecule has 2 N–H and O–H groups in total. The van der Waals surface area contributed by atoms with Gasteiger partial charge < -0.3 is 29.9 Å². The molecular weight excluding hydrogens is 937 g/mol. The number of hydrogen-bond donors (Lipinski definition) is 2. The minimum absolute atomic E-state index is 0.0393. The molecule has 2 aromatic carbocycles. The van der Waals surface area contributed by atoms with Crippen LogP contribution in [-0.2, 0) is 19.1 Å². The normalized spacial score (nSPS) is 19.4. The Morgan fingerprint density at radius 3 is 1.20 bits per heavy atom. The van der Waals surface area contributed by atoms with Gasteiger partial charge in [-0.2, -0.15) is 0 Å². The Kier molecular flexibility index (Phi) is 18.1. The van der Waals surface area contributed by atoms with Crippen LogP contribution in [0.25, 0.3) is 33.6 Å². The van der Waals surface area contributed by atoms with Crippen LogP contribution in [0.3, 0.4) is 0 Å². The van der Waals surface area contributed by atoms with Crippen molar-refractivity contribution >= 4 is 35.8 Å². The average Bonchev–Trinajstić information content (AvgIpc) is 4.27. The molecule has 4 aliphatic rings. The maximum Gasteiger partial charge on any atom is 0.407 e. The predicted octanol–water partition coefficient (Wildman–Crippen LogP) is 11.2. The zero-order chi connectivity index (χ0) is 52.5. The molecule has 16 heteroatoms. The van der Waals surface area contributed by atoms with Crippen molar-refractivity contribution in [3.8, 4) is 33.6 Å². The van der Waals surface area contributed by atoms with E-state index < -0.39 is 36.4 Å². The number of methoxy groups -OCH3 is 2. The molecule has 4 amide bonds. The highest BCUT2D eigenvalue weighted by molar-refractivity contribution is 5.89. The molecule has 8 rings (SSSR count). The molecule has 0 radical (unpaired) electrons. The van der Waals surface area contributed by atoms with E-state index in [9.17, 15) is 28.8 Å². The molecule has 0 spiro atoms. The third kappa shape index (κ3) is 12.3. The van der Waals surface area contributed by atoms with Gasteiger partial charge in [-0.15, -0.1) is 0 Å². The summed E-state index contributed by atoms with van der Waals surface area (Å²) in [7, 11) is 2.56. The average molecular weight is 1020 g/mol. The second kappa shape index (κ2) is 24.8. The molecular formula is C58H78N8O8. The van der Waals surface area contributed by atoms with Gasteiger partial charge in [-0.3, -0.25) is 28.3 Å². The Labute approximate surface area is 436 Å². The van der Waals surface area contributed by atoms with Gasteiger partial charge in [0.25, 0.3) is 0 Å². The van der Waals surface area contributed by atoms with E-state index in [1.807, 2.05) is 76.2 Å². The van der Waals surface area contributed by atoms with Crippen molar-refractivity contribution in [2.75, 3.05) is 27.3 Å². The van der Waals surface area contributed by atoms with Gasteiger partial charge in [0.15, 0.2) is 0 Å². The van der Waals surface area contributed by atoms with Gasteiger partial charge in [-0.05, 0) is 73.3 Å². The Balaban J connectivity index is 1.07. The minimum Gasteiger partial charge on any atom is -0.453 e. The van der Waals surface area contributed by atoms with Crippen LogP contribution >= 0.6 is 0 Å². The fraction of sp³-hybridized carbons (Fsp3) is 0.586. The maximum absolute atomic E-state index is 14.5. The summed E-state index contributed by atoms with van der Waals surface area (Å²) < 4.78 is 13.2. The second-order valence-electron chi connectivity index (χ2n) is 21.8. The smallest absolute Gasteiger partial charge is 0.407 e. The third-order valence-corrected chi connectivity index (χ3v) is 16.2. The molecule has 4 atom stereocenters. The van der Waals surface area contributed by atoms with Crippen molar-refractivity contribution < 1.29 is 38.2 Å². The van der Waals surface area contributed by atoms with Crippen molar-refractivity contribution in [2.45, 2.75) is 167 Å². The van der Waals surface area contributed by atoms with E-state index in [4.69, 9.17) is 19.4 Å². The van der Waals surface area contributed by atoms with Gasteiger partial charge in [0.1, 0.15) is 23.7 Å². The fourth-order valence-corrected chi connectivity index (χ4v) is 12.0. The number of rotatable bonds is 17. The first kappa shape index (κ1) is 54.0. The number of nitrogens with zero attached hydrogens (tertiary/aromatic N) is 6. The summed E-state index contributed by atoms with van der Waals surface area (Å²) in [5.41, 5.74) is 4.89. The number of hydrogen-bond acceptors (Lipinski definition) is 10. The lowest BCUT2D eigenvalue weighted by molar-refractivity contribution is -0.136. The van der Waals surface area contributed by atoms with Crippen LogP contribution < -0.4 is 10.6 Å². The predicted molar refractivity (Wildman–Crippen MR) is 283 cm³/mol. The Hall–Kier alpha value is -6.32. The molecule has 74 heavy (non-hydrogen) atoms. The molecule has 2 aliphatic carbocycles. The van der Waals surface area contributed by atoms with E-state index in [-0.39, 0.29) is 35.5 Å². The van der Waals surface area contributed by atoms with Crippen LogP contribution in [0.1, 0.15) is 177 Å². The summed E-state index contributed by atoms with van der Waals surface area (Å²) in [5.74, 6) is 1.19. The SMILES string of the molecule is COC(=O)N[C@H](C(=O)N1CCC[C@@H]1c1ncc(-c2ccc(-c3ccc(-c4cnc([C@H]5CCCN5C(=O)[C@@H](NC(=O)OC)C(C)C)n4C(=O)CCC4CCCCC4)cc3)cc2)n1C(=O)CCC1CCCCC1)C(C)C. The van der Waals surface area contributed by atoms with Crippen LogP contribution in [0.2, 0.25) is 0 Å². The van der Waals surface area contributed by atoms with E-state index in [1.165, 1.54) is 52.7 Å². The highest BCUT2D eigenvalue weighted by Crippen LogP contribution is 2.39. The van der Waals surface area contributed by atoms with E-state index in [2.05, 4.69) is 10.6 Å². The topological polar surface area (TPSA) is 187 Å². The molecule has 2 saturated carbocycles. The lowest BCUT2D eigenvalue weighted by Gasteiger charge is -2.31. The zero-order valence-corrected chi connectivity index (χ0v) is 44.5. The van der Waals surface area contributed by atoms with E-state index in [0.29, 0.717) is 73.6 Å². The van der Waals surface area contributed by atoms with Crippen molar-refractivity contribution in [3.63, 3.8) is 0 Å². The van der Waals surface area contributed by atoms with Crippen molar-refractivity contribution in [1.29, 1.82) is 0 Å². The highest BCUT2D eigenvalue weighted by atomic mass is 16.5. The summed E-state index contributed by atoms with van der Waals surface area (Å²) in [6, 6.07) is 13.7.